The molecule has 0 saturated heterocycles. The Kier molecular flexibility index (Phi) is 3.72. The largest absolute Gasteiger partial charge is 0.313 e. The van der Waals surface area contributed by atoms with Crippen LogP contribution >= 0.6 is 0 Å². The van der Waals surface area contributed by atoms with E-state index in [-0.39, 0.29) is 6.67 Å². The summed E-state index contributed by atoms with van der Waals surface area (Å²) >= 11 is 0. The van der Waals surface area contributed by atoms with Crippen LogP contribution in [-0.2, 0) is 0 Å². The molecule has 8 heavy (non-hydrogen) atoms. The van der Waals surface area contributed by atoms with Gasteiger partial charge in [0.1, 0.15) is 0 Å². The Morgan fingerprint density at radius 2 is 1.88 bits per heavy atom. The molecule has 0 rings (SSSR count). The number of hydroxylamine groups is 4. The summed E-state index contributed by atoms with van der Waals surface area (Å²) in [4.78, 5) is 0. The molecule has 4 heteroatoms. The molecule has 2 N–H and O–H groups in total. The van der Waals surface area contributed by atoms with Gasteiger partial charge in [-0.05, 0) is 0 Å². The van der Waals surface area contributed by atoms with Crippen LogP contribution in [0.3, 0.4) is 0 Å². The molecule has 4 nitrogen and oxygen atoms in total. The zero-order valence-electron chi connectivity index (χ0n) is 5.20. The second-order valence-corrected chi connectivity index (χ2v) is 1.62. The van der Waals surface area contributed by atoms with Crippen LogP contribution < -0.4 is 0 Å². The van der Waals surface area contributed by atoms with Gasteiger partial charge in [0.2, 0.25) is 0 Å². The van der Waals surface area contributed by atoms with Crippen LogP contribution in [-0.4, -0.2) is 40.8 Å². The molecule has 0 radical (unpaired) electrons. The van der Waals surface area contributed by atoms with Gasteiger partial charge in [-0.1, -0.05) is 6.92 Å². The SMILES string of the molecule is CCN(O)CN(C)O. The fourth-order valence-corrected chi connectivity index (χ4v) is 0.336. The Labute approximate surface area is 48.9 Å². The minimum atomic E-state index is 0.163. The zero-order valence-corrected chi connectivity index (χ0v) is 5.20. The topological polar surface area (TPSA) is 46.9 Å². The van der Waals surface area contributed by atoms with Crippen molar-refractivity contribution in [2.24, 2.45) is 0 Å². The van der Waals surface area contributed by atoms with Crippen molar-refractivity contribution in [2.75, 3.05) is 20.3 Å². The molecule has 50 valence electrons. The van der Waals surface area contributed by atoms with Gasteiger partial charge < -0.3 is 10.4 Å². The normalized spacial score (nSPS) is 11.2. The molecule has 0 fully saturated rings. The molecule has 0 aromatic heterocycles. The van der Waals surface area contributed by atoms with Gasteiger partial charge in [0.25, 0.3) is 0 Å². The third kappa shape index (κ3) is 4.01. The van der Waals surface area contributed by atoms with Crippen molar-refractivity contribution < 1.29 is 10.4 Å². The third-order valence-electron chi connectivity index (χ3n) is 0.733. The van der Waals surface area contributed by atoms with E-state index < -0.39 is 0 Å². The first-order chi connectivity index (χ1) is 3.66. The standard InChI is InChI=1S/C4H12N2O2/c1-3-6(8)4-5(2)7/h7-8H,3-4H2,1-2H3. The monoisotopic (exact) mass is 120 g/mol. The molecule has 0 amide bonds. The first kappa shape index (κ1) is 7.84. The Balaban J connectivity index is 3.10. The summed E-state index contributed by atoms with van der Waals surface area (Å²) in [5.74, 6) is 0. The second kappa shape index (κ2) is 3.80. The second-order valence-electron chi connectivity index (χ2n) is 1.62. The molecule has 0 saturated carbocycles. The Morgan fingerprint density at radius 3 is 2.00 bits per heavy atom. The lowest BCUT2D eigenvalue weighted by Crippen LogP contribution is -2.30. The molecule has 0 aromatic carbocycles. The van der Waals surface area contributed by atoms with Gasteiger partial charge in [-0.15, -0.1) is 0 Å². The maximum absolute atomic E-state index is 8.66. The fraction of sp³-hybridized carbons (Fsp3) is 1.00. The zero-order chi connectivity index (χ0) is 6.57. The van der Waals surface area contributed by atoms with Crippen LogP contribution in [0.1, 0.15) is 6.92 Å². The number of hydrogen-bond donors (Lipinski definition) is 2. The summed E-state index contributed by atoms with van der Waals surface area (Å²) < 4.78 is 0. The minimum Gasteiger partial charge on any atom is -0.313 e. The van der Waals surface area contributed by atoms with Gasteiger partial charge in [-0.3, -0.25) is 0 Å². The van der Waals surface area contributed by atoms with Crippen molar-refractivity contribution in [2.45, 2.75) is 6.92 Å². The Morgan fingerprint density at radius 1 is 1.38 bits per heavy atom. The van der Waals surface area contributed by atoms with Gasteiger partial charge in [0.15, 0.2) is 0 Å². The van der Waals surface area contributed by atoms with Crippen LogP contribution in [0.5, 0.6) is 0 Å². The quantitative estimate of drug-likeness (QED) is 0.406. The minimum absolute atomic E-state index is 0.163. The average Bonchev–Trinajstić information content (AvgIpc) is 1.65. The summed E-state index contributed by atoms with van der Waals surface area (Å²) in [5.41, 5.74) is 0. The molecule has 0 unspecified atom stereocenters. The summed E-state index contributed by atoms with van der Waals surface area (Å²) in [6.07, 6.45) is 0. The Bertz CT molecular complexity index is 58.0. The summed E-state index contributed by atoms with van der Waals surface area (Å²) in [7, 11) is 1.47. The van der Waals surface area contributed by atoms with Gasteiger partial charge in [0.05, 0.1) is 6.67 Å². The maximum atomic E-state index is 8.66. The van der Waals surface area contributed by atoms with Crippen molar-refractivity contribution in [1.29, 1.82) is 0 Å². The molecule has 0 bridgehead atoms. The molecule has 0 aliphatic heterocycles. The summed E-state index contributed by atoms with van der Waals surface area (Å²) in [6, 6.07) is 0. The molecule has 0 spiro atoms. The van der Waals surface area contributed by atoms with Crippen LogP contribution in [0.4, 0.5) is 0 Å². The lowest BCUT2D eigenvalue weighted by Gasteiger charge is -2.14. The number of nitrogens with zero attached hydrogens (tertiary/aromatic N) is 2. The van der Waals surface area contributed by atoms with Crippen molar-refractivity contribution in [3.63, 3.8) is 0 Å². The molecular formula is C4H12N2O2. The van der Waals surface area contributed by atoms with Gasteiger partial charge in [-0.2, -0.15) is 10.1 Å². The van der Waals surface area contributed by atoms with E-state index in [0.29, 0.717) is 6.54 Å². The van der Waals surface area contributed by atoms with Crippen LogP contribution in [0.2, 0.25) is 0 Å². The molecule has 0 aromatic rings. The van der Waals surface area contributed by atoms with Gasteiger partial charge >= 0.3 is 0 Å². The number of rotatable bonds is 3. The van der Waals surface area contributed by atoms with Crippen molar-refractivity contribution in [3.8, 4) is 0 Å². The maximum Gasteiger partial charge on any atom is 0.0991 e. The molecule has 0 aliphatic rings. The highest BCUT2D eigenvalue weighted by molar-refractivity contribution is 4.29. The highest BCUT2D eigenvalue weighted by Gasteiger charge is 1.96. The highest BCUT2D eigenvalue weighted by Crippen LogP contribution is 1.79. The van der Waals surface area contributed by atoms with Gasteiger partial charge in [0, 0.05) is 13.6 Å². The molecule has 0 heterocycles. The molecular weight excluding hydrogens is 108 g/mol. The van der Waals surface area contributed by atoms with E-state index in [2.05, 4.69) is 0 Å². The predicted molar refractivity (Wildman–Crippen MR) is 28.6 cm³/mol. The molecule has 0 aliphatic carbocycles. The predicted octanol–water partition coefficient (Wildman–Crippen LogP) is -0.0240. The van der Waals surface area contributed by atoms with Crippen LogP contribution in [0.25, 0.3) is 0 Å². The lowest BCUT2D eigenvalue weighted by atomic mass is 10.7. The molecule has 0 atom stereocenters. The number of hydrogen-bond acceptors (Lipinski definition) is 4. The van der Waals surface area contributed by atoms with E-state index in [9.17, 15) is 0 Å². The first-order valence-electron chi connectivity index (χ1n) is 2.50. The highest BCUT2D eigenvalue weighted by atomic mass is 16.5. The first-order valence-corrected chi connectivity index (χ1v) is 2.50. The van der Waals surface area contributed by atoms with E-state index in [0.717, 1.165) is 10.1 Å². The summed E-state index contributed by atoms with van der Waals surface area (Å²) in [5, 5.41) is 19.1. The van der Waals surface area contributed by atoms with Crippen molar-refractivity contribution in [3.05, 3.63) is 0 Å². The lowest BCUT2D eigenvalue weighted by molar-refractivity contribution is -0.190. The van der Waals surface area contributed by atoms with Crippen LogP contribution in [0.15, 0.2) is 0 Å². The van der Waals surface area contributed by atoms with E-state index in [4.69, 9.17) is 10.4 Å². The van der Waals surface area contributed by atoms with E-state index in [1.807, 2.05) is 0 Å². The van der Waals surface area contributed by atoms with E-state index in [1.54, 1.807) is 6.92 Å². The summed E-state index contributed by atoms with van der Waals surface area (Å²) in [6.45, 7) is 2.48. The van der Waals surface area contributed by atoms with E-state index in [1.165, 1.54) is 7.05 Å². The third-order valence-corrected chi connectivity index (χ3v) is 0.733. The Hall–Kier alpha value is -0.160. The van der Waals surface area contributed by atoms with Crippen molar-refractivity contribution >= 4 is 0 Å². The fourth-order valence-electron chi connectivity index (χ4n) is 0.336. The van der Waals surface area contributed by atoms with Crippen molar-refractivity contribution in [1.82, 2.24) is 10.1 Å². The van der Waals surface area contributed by atoms with E-state index >= 15 is 0 Å². The smallest absolute Gasteiger partial charge is 0.0991 e. The average molecular weight is 120 g/mol. The van der Waals surface area contributed by atoms with Gasteiger partial charge in [-0.25, -0.2) is 0 Å². The van der Waals surface area contributed by atoms with Crippen LogP contribution in [0, 0.1) is 0 Å².